The van der Waals surface area contributed by atoms with E-state index in [0.717, 1.165) is 21.8 Å². The molecule has 0 spiro atoms. The number of aryl methyl sites for hydroxylation is 2. The van der Waals surface area contributed by atoms with Crippen molar-refractivity contribution in [1.29, 1.82) is 0 Å². The van der Waals surface area contributed by atoms with Crippen molar-refractivity contribution in [3.05, 3.63) is 58.9 Å². The molecule has 0 saturated carbocycles. The van der Waals surface area contributed by atoms with Crippen LogP contribution in [-0.2, 0) is 23.0 Å². The van der Waals surface area contributed by atoms with Crippen molar-refractivity contribution in [1.82, 2.24) is 4.57 Å². The van der Waals surface area contributed by atoms with Gasteiger partial charge in [-0.05, 0) is 38.0 Å². The average molecular weight is 315 g/mol. The number of aromatic nitrogens is 1. The molecule has 1 aromatic heterocycles. The molecule has 0 radical (unpaired) electrons. The molecule has 0 atom stereocenters. The van der Waals surface area contributed by atoms with Crippen LogP contribution in [0, 0.1) is 6.92 Å². The molecule has 0 aliphatic carbocycles. The minimum atomic E-state index is -0.161. The van der Waals surface area contributed by atoms with E-state index in [1.165, 1.54) is 5.56 Å². The van der Waals surface area contributed by atoms with Gasteiger partial charge in [0, 0.05) is 12.7 Å². The van der Waals surface area contributed by atoms with Crippen LogP contribution in [0.15, 0.2) is 36.4 Å². The Morgan fingerprint density at radius 2 is 1.86 bits per heavy atom. The number of rotatable bonds is 6. The lowest BCUT2D eigenvalue weighted by Gasteiger charge is -2.09. The molecule has 0 N–H and O–H groups in total. The van der Waals surface area contributed by atoms with Crippen LogP contribution in [0.5, 0.6) is 0 Å². The number of carbonyl (C=O) groups is 1. The molecule has 0 aliphatic rings. The van der Waals surface area contributed by atoms with E-state index in [4.69, 9.17) is 17.0 Å². The minimum Gasteiger partial charge on any atom is -0.466 e. The first kappa shape index (κ1) is 16.4. The fraction of sp³-hybridized carbons (Fsp3) is 0.333. The van der Waals surface area contributed by atoms with Crippen LogP contribution in [0.3, 0.4) is 0 Å². The van der Waals surface area contributed by atoms with Gasteiger partial charge in [0.25, 0.3) is 0 Å². The Bertz CT molecular complexity index is 671. The average Bonchev–Trinajstić information content (AvgIpc) is 2.86. The number of esters is 1. The Kier molecular flexibility index (Phi) is 5.50. The highest BCUT2D eigenvalue weighted by Gasteiger charge is 2.12. The van der Waals surface area contributed by atoms with Gasteiger partial charge in [0.05, 0.1) is 23.6 Å². The van der Waals surface area contributed by atoms with Crippen molar-refractivity contribution < 1.29 is 9.53 Å². The molecular formula is C18H21NO2S. The first-order chi connectivity index (χ1) is 10.5. The highest BCUT2D eigenvalue weighted by atomic mass is 32.1. The molecule has 0 saturated heterocycles. The van der Waals surface area contributed by atoms with E-state index in [9.17, 15) is 4.79 Å². The van der Waals surface area contributed by atoms with Crippen molar-refractivity contribution in [2.75, 3.05) is 6.61 Å². The molecule has 0 fully saturated rings. The lowest BCUT2D eigenvalue weighted by molar-refractivity contribution is -0.143. The summed E-state index contributed by atoms with van der Waals surface area (Å²) in [7, 11) is 1.98. The first-order valence-electron chi connectivity index (χ1n) is 7.44. The monoisotopic (exact) mass is 315 g/mol. The first-order valence-corrected chi connectivity index (χ1v) is 7.85. The van der Waals surface area contributed by atoms with Gasteiger partial charge in [-0.3, -0.25) is 4.79 Å². The summed E-state index contributed by atoms with van der Waals surface area (Å²) in [5, 5.41) is 0. The molecule has 1 heterocycles. The van der Waals surface area contributed by atoms with Crippen molar-refractivity contribution in [2.45, 2.75) is 26.7 Å². The zero-order chi connectivity index (χ0) is 16.1. The third kappa shape index (κ3) is 3.83. The number of nitrogens with zero attached hydrogens (tertiary/aromatic N) is 1. The number of ether oxygens (including phenoxy) is 1. The standard InChI is InChI=1S/C18H21NO2S/c1-4-21-17(20)12-10-15-9-11-16(19(15)3)18(22)14-7-5-13(2)6-8-14/h5-9,11H,4,10,12H2,1-3H3. The maximum atomic E-state index is 11.5. The van der Waals surface area contributed by atoms with Crippen LogP contribution in [-0.4, -0.2) is 22.0 Å². The molecule has 1 aromatic carbocycles. The molecular weight excluding hydrogens is 294 g/mol. The van der Waals surface area contributed by atoms with Crippen molar-refractivity contribution in [2.24, 2.45) is 7.05 Å². The van der Waals surface area contributed by atoms with Crippen molar-refractivity contribution >= 4 is 23.1 Å². The van der Waals surface area contributed by atoms with E-state index in [1.54, 1.807) is 0 Å². The quantitative estimate of drug-likeness (QED) is 0.464. The molecule has 22 heavy (non-hydrogen) atoms. The van der Waals surface area contributed by atoms with E-state index >= 15 is 0 Å². The number of hydrogen-bond acceptors (Lipinski definition) is 3. The molecule has 0 amide bonds. The smallest absolute Gasteiger partial charge is 0.306 e. The summed E-state index contributed by atoms with van der Waals surface area (Å²) in [5.74, 6) is -0.161. The summed E-state index contributed by atoms with van der Waals surface area (Å²) in [6.07, 6.45) is 1.05. The van der Waals surface area contributed by atoms with Gasteiger partial charge < -0.3 is 9.30 Å². The summed E-state index contributed by atoms with van der Waals surface area (Å²) in [5.41, 5.74) is 4.34. The molecule has 4 heteroatoms. The second-order valence-corrected chi connectivity index (χ2v) is 5.68. The third-order valence-corrected chi connectivity index (χ3v) is 4.11. The predicted molar refractivity (Wildman–Crippen MR) is 92.3 cm³/mol. The molecule has 2 aromatic rings. The zero-order valence-electron chi connectivity index (χ0n) is 13.3. The van der Waals surface area contributed by atoms with E-state index < -0.39 is 0 Å². The molecule has 0 aliphatic heterocycles. The largest absolute Gasteiger partial charge is 0.466 e. The summed E-state index contributed by atoms with van der Waals surface area (Å²) < 4.78 is 7.02. The highest BCUT2D eigenvalue weighted by Crippen LogP contribution is 2.16. The van der Waals surface area contributed by atoms with Gasteiger partial charge in [0.1, 0.15) is 0 Å². The van der Waals surface area contributed by atoms with E-state index in [2.05, 4.69) is 23.6 Å². The van der Waals surface area contributed by atoms with Gasteiger partial charge in [-0.2, -0.15) is 0 Å². The highest BCUT2D eigenvalue weighted by molar-refractivity contribution is 7.81. The van der Waals surface area contributed by atoms with Crippen LogP contribution in [0.4, 0.5) is 0 Å². The summed E-state index contributed by atoms with van der Waals surface area (Å²) >= 11 is 5.60. The van der Waals surface area contributed by atoms with Gasteiger partial charge in [-0.1, -0.05) is 42.0 Å². The van der Waals surface area contributed by atoms with Crippen LogP contribution in [0.1, 0.15) is 35.9 Å². The van der Waals surface area contributed by atoms with Gasteiger partial charge in [0.15, 0.2) is 0 Å². The number of hydrogen-bond donors (Lipinski definition) is 0. The molecule has 3 nitrogen and oxygen atoms in total. The Morgan fingerprint density at radius 1 is 1.18 bits per heavy atom. The maximum absolute atomic E-state index is 11.5. The van der Waals surface area contributed by atoms with Gasteiger partial charge in [0.2, 0.25) is 0 Å². The maximum Gasteiger partial charge on any atom is 0.306 e. The van der Waals surface area contributed by atoms with Gasteiger partial charge >= 0.3 is 5.97 Å². The Morgan fingerprint density at radius 3 is 2.50 bits per heavy atom. The topological polar surface area (TPSA) is 31.2 Å². The molecule has 0 unspecified atom stereocenters. The minimum absolute atomic E-state index is 0.161. The van der Waals surface area contributed by atoms with Crippen LogP contribution >= 0.6 is 12.2 Å². The van der Waals surface area contributed by atoms with E-state index in [1.807, 2.05) is 38.2 Å². The van der Waals surface area contributed by atoms with Crippen molar-refractivity contribution in [3.8, 4) is 0 Å². The zero-order valence-corrected chi connectivity index (χ0v) is 14.1. The lowest BCUT2D eigenvalue weighted by Crippen LogP contribution is -2.10. The normalized spacial score (nSPS) is 10.5. The Hall–Kier alpha value is -1.94. The fourth-order valence-corrected chi connectivity index (χ4v) is 2.69. The Balaban J connectivity index is 2.11. The SMILES string of the molecule is CCOC(=O)CCc1ccc(C(=S)c2ccc(C)cc2)n1C. The van der Waals surface area contributed by atoms with Crippen LogP contribution in [0.2, 0.25) is 0 Å². The Labute approximate surface area is 136 Å². The third-order valence-electron chi connectivity index (χ3n) is 3.66. The number of thiocarbonyl (C=S) groups is 1. The molecule has 0 bridgehead atoms. The van der Waals surface area contributed by atoms with Gasteiger partial charge in [-0.15, -0.1) is 0 Å². The predicted octanol–water partition coefficient (Wildman–Crippen LogP) is 3.60. The number of carbonyl (C=O) groups excluding carboxylic acids is 1. The van der Waals surface area contributed by atoms with Crippen molar-refractivity contribution in [3.63, 3.8) is 0 Å². The molecule has 116 valence electrons. The summed E-state index contributed by atoms with van der Waals surface area (Å²) in [6.45, 7) is 4.30. The second kappa shape index (κ2) is 7.36. The molecule has 2 rings (SSSR count). The lowest BCUT2D eigenvalue weighted by atomic mass is 10.1. The number of benzene rings is 1. The van der Waals surface area contributed by atoms with Crippen LogP contribution < -0.4 is 0 Å². The summed E-state index contributed by atoms with van der Waals surface area (Å²) in [6, 6.07) is 12.3. The summed E-state index contributed by atoms with van der Waals surface area (Å²) in [4.78, 5) is 12.3. The van der Waals surface area contributed by atoms with Crippen LogP contribution in [0.25, 0.3) is 0 Å². The van der Waals surface area contributed by atoms with E-state index in [0.29, 0.717) is 19.4 Å². The fourth-order valence-electron chi connectivity index (χ4n) is 2.35. The van der Waals surface area contributed by atoms with E-state index in [-0.39, 0.29) is 5.97 Å². The van der Waals surface area contributed by atoms with Gasteiger partial charge in [-0.25, -0.2) is 0 Å². The second-order valence-electron chi connectivity index (χ2n) is 5.27.